The Balaban J connectivity index is 2.09. The molecule has 2 rings (SSSR count). The normalized spacial score (nSPS) is 10.8. The molecule has 2 aromatic carbocycles. The van der Waals surface area contributed by atoms with E-state index in [1.54, 1.807) is 6.08 Å². The van der Waals surface area contributed by atoms with E-state index in [4.69, 9.17) is 5.73 Å². The van der Waals surface area contributed by atoms with E-state index >= 15 is 0 Å². The number of amides is 1. The number of nitrogens with two attached hydrogens (primary N) is 1. The Morgan fingerprint density at radius 1 is 1.10 bits per heavy atom. The SMILES string of the molecule is Cc1ccc(/C=C/C(=O)Nc2cccc(C)c2C)cc1N. The molecule has 3 N–H and O–H groups in total. The van der Waals surface area contributed by atoms with Crippen molar-refractivity contribution in [2.24, 2.45) is 0 Å². The average molecular weight is 280 g/mol. The summed E-state index contributed by atoms with van der Waals surface area (Å²) >= 11 is 0. The van der Waals surface area contributed by atoms with Crippen LogP contribution in [0.5, 0.6) is 0 Å². The average Bonchev–Trinajstić information content (AvgIpc) is 2.45. The molecule has 0 aromatic heterocycles. The number of benzene rings is 2. The lowest BCUT2D eigenvalue weighted by Gasteiger charge is -2.08. The summed E-state index contributed by atoms with van der Waals surface area (Å²) in [6.07, 6.45) is 3.28. The lowest BCUT2D eigenvalue weighted by atomic mass is 10.1. The lowest BCUT2D eigenvalue weighted by molar-refractivity contribution is -0.111. The summed E-state index contributed by atoms with van der Waals surface area (Å²) in [5.74, 6) is -0.150. The van der Waals surface area contributed by atoms with Crippen LogP contribution < -0.4 is 11.1 Å². The van der Waals surface area contributed by atoms with E-state index in [1.807, 2.05) is 57.2 Å². The minimum absolute atomic E-state index is 0.150. The summed E-state index contributed by atoms with van der Waals surface area (Å²) in [7, 11) is 0. The first-order valence-corrected chi connectivity index (χ1v) is 6.89. The highest BCUT2D eigenvalue weighted by atomic mass is 16.1. The molecule has 0 aliphatic heterocycles. The molecular formula is C18H20N2O. The van der Waals surface area contributed by atoms with Crippen LogP contribution in [-0.2, 0) is 4.79 Å². The Labute approximate surface area is 125 Å². The molecule has 3 nitrogen and oxygen atoms in total. The molecule has 0 aliphatic carbocycles. The number of nitrogen functional groups attached to an aromatic ring is 1. The van der Waals surface area contributed by atoms with Crippen LogP contribution in [-0.4, -0.2) is 5.91 Å². The second-order valence-electron chi connectivity index (χ2n) is 5.19. The third-order valence-corrected chi connectivity index (χ3v) is 3.59. The van der Waals surface area contributed by atoms with Crippen LogP contribution in [0.3, 0.4) is 0 Å². The fraction of sp³-hybridized carbons (Fsp3) is 0.167. The quantitative estimate of drug-likeness (QED) is 0.663. The molecule has 0 saturated heterocycles. The predicted molar refractivity (Wildman–Crippen MR) is 89.2 cm³/mol. The van der Waals surface area contributed by atoms with Crippen molar-refractivity contribution < 1.29 is 4.79 Å². The van der Waals surface area contributed by atoms with Gasteiger partial charge in [-0.3, -0.25) is 4.79 Å². The van der Waals surface area contributed by atoms with Gasteiger partial charge >= 0.3 is 0 Å². The van der Waals surface area contributed by atoms with E-state index in [2.05, 4.69) is 5.32 Å². The van der Waals surface area contributed by atoms with Crippen LogP contribution in [0.1, 0.15) is 22.3 Å². The number of carbonyl (C=O) groups excluding carboxylic acids is 1. The number of aryl methyl sites for hydroxylation is 2. The minimum atomic E-state index is -0.150. The Morgan fingerprint density at radius 3 is 2.57 bits per heavy atom. The Morgan fingerprint density at radius 2 is 1.86 bits per heavy atom. The first-order chi connectivity index (χ1) is 9.97. The molecule has 2 aromatic rings. The van der Waals surface area contributed by atoms with Gasteiger partial charge in [0.25, 0.3) is 0 Å². The van der Waals surface area contributed by atoms with E-state index in [1.165, 1.54) is 6.08 Å². The second-order valence-corrected chi connectivity index (χ2v) is 5.19. The fourth-order valence-corrected chi connectivity index (χ4v) is 2.00. The summed E-state index contributed by atoms with van der Waals surface area (Å²) in [5, 5.41) is 2.89. The summed E-state index contributed by atoms with van der Waals surface area (Å²) in [4.78, 5) is 12.0. The van der Waals surface area contributed by atoms with E-state index in [0.29, 0.717) is 0 Å². The number of hydrogen-bond donors (Lipinski definition) is 2. The van der Waals surface area contributed by atoms with Crippen LogP contribution in [0, 0.1) is 20.8 Å². The van der Waals surface area contributed by atoms with Crippen LogP contribution in [0.25, 0.3) is 6.08 Å². The molecule has 0 heterocycles. The van der Waals surface area contributed by atoms with Crippen LogP contribution in [0.2, 0.25) is 0 Å². The van der Waals surface area contributed by atoms with Gasteiger partial charge in [0.1, 0.15) is 0 Å². The third kappa shape index (κ3) is 3.72. The van der Waals surface area contributed by atoms with Crippen molar-refractivity contribution in [2.75, 3.05) is 11.1 Å². The molecule has 3 heteroatoms. The Kier molecular flexibility index (Phi) is 4.43. The molecule has 0 bridgehead atoms. The van der Waals surface area contributed by atoms with Gasteiger partial charge in [-0.15, -0.1) is 0 Å². The van der Waals surface area contributed by atoms with Gasteiger partial charge in [-0.05, 0) is 61.2 Å². The highest BCUT2D eigenvalue weighted by Gasteiger charge is 2.03. The maximum atomic E-state index is 12.0. The van der Waals surface area contributed by atoms with Gasteiger partial charge < -0.3 is 11.1 Å². The zero-order valence-electron chi connectivity index (χ0n) is 12.6. The summed E-state index contributed by atoms with van der Waals surface area (Å²) < 4.78 is 0. The molecule has 0 aliphatic rings. The van der Waals surface area contributed by atoms with Crippen molar-refractivity contribution in [1.82, 2.24) is 0 Å². The molecule has 0 fully saturated rings. The van der Waals surface area contributed by atoms with E-state index in [-0.39, 0.29) is 5.91 Å². The van der Waals surface area contributed by atoms with Gasteiger partial charge in [0, 0.05) is 17.5 Å². The Hall–Kier alpha value is -2.55. The van der Waals surface area contributed by atoms with Crippen LogP contribution >= 0.6 is 0 Å². The molecule has 0 unspecified atom stereocenters. The number of hydrogen-bond acceptors (Lipinski definition) is 2. The standard InChI is InChI=1S/C18H20N2O/c1-12-5-4-6-17(14(12)3)20-18(21)10-9-15-8-7-13(2)16(19)11-15/h4-11H,19H2,1-3H3,(H,20,21)/b10-9+. The zero-order valence-corrected chi connectivity index (χ0v) is 12.6. The van der Waals surface area contributed by atoms with Crippen molar-refractivity contribution in [2.45, 2.75) is 20.8 Å². The van der Waals surface area contributed by atoms with E-state index < -0.39 is 0 Å². The van der Waals surface area contributed by atoms with Gasteiger partial charge in [-0.2, -0.15) is 0 Å². The molecule has 108 valence electrons. The smallest absolute Gasteiger partial charge is 0.248 e. The summed E-state index contributed by atoms with van der Waals surface area (Å²) in [6.45, 7) is 5.97. The van der Waals surface area contributed by atoms with E-state index in [9.17, 15) is 4.79 Å². The summed E-state index contributed by atoms with van der Waals surface area (Å²) in [5.41, 5.74) is 11.6. The lowest BCUT2D eigenvalue weighted by Crippen LogP contribution is -2.09. The largest absolute Gasteiger partial charge is 0.398 e. The molecule has 1 amide bonds. The topological polar surface area (TPSA) is 55.1 Å². The van der Waals surface area contributed by atoms with Crippen molar-refractivity contribution in [3.63, 3.8) is 0 Å². The third-order valence-electron chi connectivity index (χ3n) is 3.59. The zero-order chi connectivity index (χ0) is 15.4. The van der Waals surface area contributed by atoms with Gasteiger partial charge in [-0.1, -0.05) is 24.3 Å². The molecular weight excluding hydrogens is 260 g/mol. The van der Waals surface area contributed by atoms with Gasteiger partial charge in [-0.25, -0.2) is 0 Å². The fourth-order valence-electron chi connectivity index (χ4n) is 2.00. The van der Waals surface area contributed by atoms with Gasteiger partial charge in [0.2, 0.25) is 5.91 Å². The maximum Gasteiger partial charge on any atom is 0.248 e. The monoisotopic (exact) mass is 280 g/mol. The number of anilines is 2. The van der Waals surface area contributed by atoms with Crippen molar-refractivity contribution >= 4 is 23.4 Å². The minimum Gasteiger partial charge on any atom is -0.398 e. The molecule has 0 saturated carbocycles. The number of rotatable bonds is 3. The van der Waals surface area contributed by atoms with Gasteiger partial charge in [0.15, 0.2) is 0 Å². The van der Waals surface area contributed by atoms with Crippen molar-refractivity contribution in [3.8, 4) is 0 Å². The second kappa shape index (κ2) is 6.27. The summed E-state index contributed by atoms with van der Waals surface area (Å²) in [6, 6.07) is 11.6. The molecule has 0 atom stereocenters. The maximum absolute atomic E-state index is 12.0. The highest BCUT2D eigenvalue weighted by molar-refractivity contribution is 6.02. The van der Waals surface area contributed by atoms with Crippen molar-refractivity contribution in [3.05, 3.63) is 64.7 Å². The first kappa shape index (κ1) is 14.9. The van der Waals surface area contributed by atoms with Gasteiger partial charge in [0.05, 0.1) is 0 Å². The molecule has 0 spiro atoms. The first-order valence-electron chi connectivity index (χ1n) is 6.89. The molecule has 0 radical (unpaired) electrons. The predicted octanol–water partition coefficient (Wildman–Crippen LogP) is 3.85. The Bertz CT molecular complexity index is 702. The number of nitrogens with one attached hydrogen (secondary N) is 1. The number of carbonyl (C=O) groups is 1. The van der Waals surface area contributed by atoms with E-state index in [0.717, 1.165) is 33.6 Å². The van der Waals surface area contributed by atoms with Crippen molar-refractivity contribution in [1.29, 1.82) is 0 Å². The van der Waals surface area contributed by atoms with Crippen LogP contribution in [0.15, 0.2) is 42.5 Å². The highest BCUT2D eigenvalue weighted by Crippen LogP contribution is 2.18. The molecule has 21 heavy (non-hydrogen) atoms. The van der Waals surface area contributed by atoms with Crippen LogP contribution in [0.4, 0.5) is 11.4 Å².